The number of rotatable bonds is 13. The van der Waals surface area contributed by atoms with E-state index in [-0.39, 0.29) is 0 Å². The number of phenols is 1. The molecule has 1 heteroatoms. The van der Waals surface area contributed by atoms with E-state index < -0.39 is 0 Å². The Balaban J connectivity index is 2.06. The number of hydrogen-bond donors (Lipinski definition) is 1. The van der Waals surface area contributed by atoms with E-state index in [1.165, 1.54) is 69.8 Å². The predicted molar refractivity (Wildman–Crippen MR) is 97.6 cm³/mol. The first-order chi connectivity index (χ1) is 10.8. The standard InChI is InChI=1S/C21H36O/c1-3-5-6-7-8-9-10-11-12-13-15-19-16-17-21(22)20(18-19)14-4-2/h16-18,22H,3-15H2,1-2H3. The molecule has 1 aromatic carbocycles. The molecule has 1 rings (SSSR count). The topological polar surface area (TPSA) is 20.2 Å². The summed E-state index contributed by atoms with van der Waals surface area (Å²) in [4.78, 5) is 0. The summed E-state index contributed by atoms with van der Waals surface area (Å²) in [7, 11) is 0. The van der Waals surface area contributed by atoms with Gasteiger partial charge in [0.1, 0.15) is 5.75 Å². The van der Waals surface area contributed by atoms with Gasteiger partial charge in [-0.05, 0) is 36.5 Å². The molecule has 0 aliphatic heterocycles. The molecule has 0 aliphatic carbocycles. The summed E-state index contributed by atoms with van der Waals surface area (Å²) in [5.41, 5.74) is 2.51. The summed E-state index contributed by atoms with van der Waals surface area (Å²) in [5, 5.41) is 9.81. The van der Waals surface area contributed by atoms with Crippen LogP contribution >= 0.6 is 0 Å². The SMILES string of the molecule is CCCCCCCCCCCCc1ccc(O)c(CCC)c1. The lowest BCUT2D eigenvalue weighted by molar-refractivity contribution is 0.467. The van der Waals surface area contributed by atoms with Crippen molar-refractivity contribution < 1.29 is 5.11 Å². The fourth-order valence-corrected chi connectivity index (χ4v) is 3.08. The van der Waals surface area contributed by atoms with Crippen molar-refractivity contribution in [3.05, 3.63) is 29.3 Å². The monoisotopic (exact) mass is 304 g/mol. The van der Waals surface area contributed by atoms with Crippen molar-refractivity contribution in [2.45, 2.75) is 97.3 Å². The highest BCUT2D eigenvalue weighted by molar-refractivity contribution is 5.36. The molecule has 0 saturated heterocycles. The van der Waals surface area contributed by atoms with Crippen molar-refractivity contribution in [1.29, 1.82) is 0 Å². The van der Waals surface area contributed by atoms with Gasteiger partial charge in [-0.15, -0.1) is 0 Å². The second-order valence-corrected chi connectivity index (χ2v) is 6.65. The second kappa shape index (κ2) is 12.6. The molecule has 1 nitrogen and oxygen atoms in total. The Bertz CT molecular complexity index is 383. The Morgan fingerprint density at radius 1 is 0.682 bits per heavy atom. The van der Waals surface area contributed by atoms with Gasteiger partial charge in [-0.25, -0.2) is 0 Å². The highest BCUT2D eigenvalue weighted by Crippen LogP contribution is 2.21. The second-order valence-electron chi connectivity index (χ2n) is 6.65. The first kappa shape index (κ1) is 19.1. The predicted octanol–water partition coefficient (Wildman–Crippen LogP) is 6.81. The van der Waals surface area contributed by atoms with Crippen molar-refractivity contribution in [1.82, 2.24) is 0 Å². The zero-order chi connectivity index (χ0) is 16.0. The van der Waals surface area contributed by atoms with Crippen LogP contribution in [0.2, 0.25) is 0 Å². The Labute approximate surface area is 138 Å². The van der Waals surface area contributed by atoms with Crippen molar-refractivity contribution in [3.63, 3.8) is 0 Å². The third-order valence-electron chi connectivity index (χ3n) is 4.48. The van der Waals surface area contributed by atoms with Crippen molar-refractivity contribution in [3.8, 4) is 5.75 Å². The number of aromatic hydroxyl groups is 1. The first-order valence-electron chi connectivity index (χ1n) is 9.58. The minimum absolute atomic E-state index is 0.466. The zero-order valence-electron chi connectivity index (χ0n) is 14.9. The summed E-state index contributed by atoms with van der Waals surface area (Å²) in [5.74, 6) is 0.466. The van der Waals surface area contributed by atoms with E-state index >= 15 is 0 Å². The molecule has 0 unspecified atom stereocenters. The van der Waals surface area contributed by atoms with Gasteiger partial charge in [-0.1, -0.05) is 90.2 Å². The molecule has 0 heterocycles. The normalized spacial score (nSPS) is 11.0. The van der Waals surface area contributed by atoms with Gasteiger partial charge >= 0.3 is 0 Å². The van der Waals surface area contributed by atoms with Crippen LogP contribution in [0.4, 0.5) is 0 Å². The number of aryl methyl sites for hydroxylation is 2. The number of phenolic OH excluding ortho intramolecular Hbond substituents is 1. The Morgan fingerprint density at radius 3 is 1.86 bits per heavy atom. The van der Waals surface area contributed by atoms with Crippen LogP contribution in [0.15, 0.2) is 18.2 Å². The maximum Gasteiger partial charge on any atom is 0.118 e. The number of benzene rings is 1. The lowest BCUT2D eigenvalue weighted by Gasteiger charge is -2.07. The molecule has 0 aromatic heterocycles. The Hall–Kier alpha value is -0.980. The third-order valence-corrected chi connectivity index (χ3v) is 4.48. The van der Waals surface area contributed by atoms with Crippen LogP contribution in [-0.2, 0) is 12.8 Å². The summed E-state index contributed by atoms with van der Waals surface area (Å²) in [6, 6.07) is 6.16. The molecule has 0 bridgehead atoms. The van der Waals surface area contributed by atoms with Gasteiger partial charge in [-0.3, -0.25) is 0 Å². The van der Waals surface area contributed by atoms with Gasteiger partial charge in [0.05, 0.1) is 0 Å². The largest absolute Gasteiger partial charge is 0.508 e. The van der Waals surface area contributed by atoms with Crippen LogP contribution in [-0.4, -0.2) is 5.11 Å². The Kier molecular flexibility index (Phi) is 10.9. The van der Waals surface area contributed by atoms with Crippen molar-refractivity contribution >= 4 is 0 Å². The molecule has 0 atom stereocenters. The van der Waals surface area contributed by atoms with Crippen LogP contribution in [0.25, 0.3) is 0 Å². The van der Waals surface area contributed by atoms with Crippen LogP contribution < -0.4 is 0 Å². The van der Waals surface area contributed by atoms with Crippen molar-refractivity contribution in [2.24, 2.45) is 0 Å². The maximum atomic E-state index is 9.81. The summed E-state index contributed by atoms with van der Waals surface area (Å²) < 4.78 is 0. The molecule has 0 fully saturated rings. The first-order valence-corrected chi connectivity index (χ1v) is 9.58. The lowest BCUT2D eigenvalue weighted by Crippen LogP contribution is -1.91. The van der Waals surface area contributed by atoms with E-state index in [0.717, 1.165) is 24.8 Å². The third kappa shape index (κ3) is 8.46. The lowest BCUT2D eigenvalue weighted by atomic mass is 10.0. The minimum atomic E-state index is 0.466. The molecular weight excluding hydrogens is 268 g/mol. The van der Waals surface area contributed by atoms with Crippen LogP contribution in [0.3, 0.4) is 0 Å². The van der Waals surface area contributed by atoms with Gasteiger partial charge in [0, 0.05) is 0 Å². The van der Waals surface area contributed by atoms with Crippen LogP contribution in [0, 0.1) is 0 Å². The molecular formula is C21H36O. The van der Waals surface area contributed by atoms with Crippen LogP contribution in [0.1, 0.15) is 95.6 Å². The molecule has 0 saturated carbocycles. The van der Waals surface area contributed by atoms with Gasteiger partial charge in [0.25, 0.3) is 0 Å². The van der Waals surface area contributed by atoms with Gasteiger partial charge in [0.2, 0.25) is 0 Å². The molecule has 0 amide bonds. The molecule has 0 aliphatic rings. The molecule has 22 heavy (non-hydrogen) atoms. The summed E-state index contributed by atoms with van der Waals surface area (Å²) >= 11 is 0. The fraction of sp³-hybridized carbons (Fsp3) is 0.714. The number of hydrogen-bond acceptors (Lipinski definition) is 1. The van der Waals surface area contributed by atoms with E-state index in [4.69, 9.17) is 0 Å². The van der Waals surface area contributed by atoms with Crippen LogP contribution in [0.5, 0.6) is 5.75 Å². The minimum Gasteiger partial charge on any atom is -0.508 e. The van der Waals surface area contributed by atoms with E-state index in [1.807, 2.05) is 6.07 Å². The van der Waals surface area contributed by atoms with E-state index in [2.05, 4.69) is 26.0 Å². The highest BCUT2D eigenvalue weighted by Gasteiger charge is 2.02. The zero-order valence-corrected chi connectivity index (χ0v) is 14.9. The van der Waals surface area contributed by atoms with E-state index in [0.29, 0.717) is 5.75 Å². The average Bonchev–Trinajstić information content (AvgIpc) is 2.52. The molecule has 126 valence electrons. The molecule has 0 radical (unpaired) electrons. The van der Waals surface area contributed by atoms with E-state index in [1.54, 1.807) is 0 Å². The number of unbranched alkanes of at least 4 members (excludes halogenated alkanes) is 9. The van der Waals surface area contributed by atoms with Gasteiger partial charge in [-0.2, -0.15) is 0 Å². The van der Waals surface area contributed by atoms with E-state index in [9.17, 15) is 5.11 Å². The summed E-state index contributed by atoms with van der Waals surface area (Å²) in [6.07, 6.45) is 17.1. The quantitative estimate of drug-likeness (QED) is 0.397. The molecule has 1 aromatic rings. The highest BCUT2D eigenvalue weighted by atomic mass is 16.3. The Morgan fingerprint density at radius 2 is 1.27 bits per heavy atom. The van der Waals surface area contributed by atoms with Crippen molar-refractivity contribution in [2.75, 3.05) is 0 Å². The maximum absolute atomic E-state index is 9.81. The van der Waals surface area contributed by atoms with Gasteiger partial charge in [0.15, 0.2) is 0 Å². The average molecular weight is 305 g/mol. The smallest absolute Gasteiger partial charge is 0.118 e. The molecule has 0 spiro atoms. The summed E-state index contributed by atoms with van der Waals surface area (Å²) in [6.45, 7) is 4.44. The molecule has 1 N–H and O–H groups in total. The van der Waals surface area contributed by atoms with Gasteiger partial charge < -0.3 is 5.11 Å². The fourth-order valence-electron chi connectivity index (χ4n) is 3.08.